The van der Waals surface area contributed by atoms with Crippen molar-refractivity contribution in [2.45, 2.75) is 115 Å². The fraction of sp³-hybridized carbons (Fsp3) is 0.404. The number of nitrogens with zero attached hydrogens (tertiary/aromatic N) is 4. The number of likely N-dealkylation sites (tertiary alicyclic amines) is 2. The molecular formula is C57H69FN10O4. The summed E-state index contributed by atoms with van der Waals surface area (Å²) in [6.45, 7) is 7.67. The first-order valence-corrected chi connectivity index (χ1v) is 25.5. The number of hydrogen-bond donors (Lipinski definition) is 6. The smallest absolute Gasteiger partial charge is 0.247 e. The van der Waals surface area contributed by atoms with Crippen molar-refractivity contribution in [1.82, 2.24) is 46.4 Å². The molecule has 8 rings (SSSR count). The summed E-state index contributed by atoms with van der Waals surface area (Å²) in [5.41, 5.74) is 10.4. The van der Waals surface area contributed by atoms with Crippen LogP contribution in [0.1, 0.15) is 92.9 Å². The molecule has 0 aliphatic carbocycles. The Morgan fingerprint density at radius 1 is 0.708 bits per heavy atom. The Bertz CT molecular complexity index is 2720. The molecule has 4 heterocycles. The summed E-state index contributed by atoms with van der Waals surface area (Å²) in [6.07, 6.45) is 9.42. The predicted octanol–water partition coefficient (Wildman–Crippen LogP) is 7.03. The van der Waals surface area contributed by atoms with E-state index >= 15 is 0 Å². The van der Waals surface area contributed by atoms with Crippen LogP contribution >= 0.6 is 0 Å². The van der Waals surface area contributed by atoms with Gasteiger partial charge in [0.2, 0.25) is 23.6 Å². The molecule has 6 atom stereocenters. The van der Waals surface area contributed by atoms with Crippen molar-refractivity contribution in [2.75, 3.05) is 33.7 Å². The van der Waals surface area contributed by atoms with Crippen molar-refractivity contribution in [3.8, 4) is 22.4 Å². The van der Waals surface area contributed by atoms with Crippen LogP contribution in [0.2, 0.25) is 0 Å². The number of H-pyrrole nitrogens is 1. The maximum atomic E-state index is 14.2. The molecule has 4 amide bonds. The fourth-order valence-electron chi connectivity index (χ4n) is 9.83. The average molecular weight is 977 g/mol. The number of likely N-dealkylation sites (N-methyl/N-ethyl adjacent to an activating group) is 2. The molecule has 6 N–H and O–H groups in total. The summed E-state index contributed by atoms with van der Waals surface area (Å²) < 4.78 is 13.5. The third-order valence-electron chi connectivity index (χ3n) is 14.5. The lowest BCUT2D eigenvalue weighted by Crippen LogP contribution is -2.57. The summed E-state index contributed by atoms with van der Waals surface area (Å²) in [5, 5.41) is 15.4. The van der Waals surface area contributed by atoms with Crippen molar-refractivity contribution in [3.05, 3.63) is 143 Å². The number of carbonyl (C=O) groups is 4. The molecule has 1 aromatic heterocycles. The van der Waals surface area contributed by atoms with E-state index in [1.807, 2.05) is 22.2 Å². The molecule has 0 bridgehead atoms. The number of aromatic nitrogens is 2. The van der Waals surface area contributed by atoms with Gasteiger partial charge in [-0.3, -0.25) is 24.2 Å². The van der Waals surface area contributed by atoms with Gasteiger partial charge in [-0.1, -0.05) is 90.5 Å². The first-order chi connectivity index (χ1) is 34.9. The van der Waals surface area contributed by atoms with E-state index in [4.69, 9.17) is 9.98 Å². The van der Waals surface area contributed by atoms with Crippen molar-refractivity contribution >= 4 is 34.9 Å². The SMILES string of the molecule is CN[C@@H](C)C(=O)N[C@@H](CNCc1ccc(C)cc1)C(=O)N1CCC[C@H]1C1=NC=C(c2ccc(-c3ccc(-c4cnc([C@@H]5CCCN5C(=O)[C@H](CCCc5ccc(F)cc5)NC(=O)[C@H](C)NC)[nH]4)cc3)cc2)C1. The lowest BCUT2D eigenvalue weighted by molar-refractivity contribution is -0.138. The first kappa shape index (κ1) is 51.5. The van der Waals surface area contributed by atoms with Crippen LogP contribution in [0.5, 0.6) is 0 Å². The molecule has 5 aromatic rings. The Kier molecular flexibility index (Phi) is 17.2. The highest BCUT2D eigenvalue weighted by atomic mass is 19.1. The molecule has 3 aliphatic rings. The number of imidazole rings is 1. The van der Waals surface area contributed by atoms with Gasteiger partial charge in [-0.15, -0.1) is 0 Å². The second-order valence-corrected chi connectivity index (χ2v) is 19.4. The van der Waals surface area contributed by atoms with Gasteiger partial charge >= 0.3 is 0 Å². The predicted molar refractivity (Wildman–Crippen MR) is 281 cm³/mol. The summed E-state index contributed by atoms with van der Waals surface area (Å²) in [6, 6.07) is 28.7. The number of amides is 4. The number of aliphatic imine (C=N–C) groups is 1. The minimum absolute atomic E-state index is 0.0998. The molecule has 0 spiro atoms. The van der Waals surface area contributed by atoms with E-state index in [9.17, 15) is 23.6 Å². The van der Waals surface area contributed by atoms with Gasteiger partial charge < -0.3 is 41.4 Å². The molecule has 0 radical (unpaired) electrons. The van der Waals surface area contributed by atoms with Crippen LogP contribution in [0.25, 0.3) is 28.0 Å². The second-order valence-electron chi connectivity index (χ2n) is 19.4. The van der Waals surface area contributed by atoms with E-state index in [2.05, 4.69) is 111 Å². The number of rotatable bonds is 21. The molecule has 378 valence electrons. The number of benzene rings is 4. The first-order valence-electron chi connectivity index (χ1n) is 25.5. The van der Waals surface area contributed by atoms with Gasteiger partial charge in [-0.25, -0.2) is 9.37 Å². The maximum absolute atomic E-state index is 14.2. The third kappa shape index (κ3) is 12.6. The largest absolute Gasteiger partial charge is 0.343 e. The zero-order chi connectivity index (χ0) is 50.7. The Balaban J connectivity index is 0.867. The zero-order valence-electron chi connectivity index (χ0n) is 42.1. The van der Waals surface area contributed by atoms with Crippen LogP contribution in [-0.4, -0.2) is 113 Å². The molecule has 0 saturated carbocycles. The Labute approximate surface area is 422 Å². The molecule has 2 fully saturated rings. The lowest BCUT2D eigenvalue weighted by Gasteiger charge is -2.30. The minimum atomic E-state index is -0.723. The van der Waals surface area contributed by atoms with E-state index < -0.39 is 24.2 Å². The number of halogens is 1. The van der Waals surface area contributed by atoms with Gasteiger partial charge in [-0.2, -0.15) is 0 Å². The Hall–Kier alpha value is -6.81. The number of nitrogens with one attached hydrogen (secondary N) is 6. The number of allylic oxidation sites excluding steroid dienone is 1. The highest BCUT2D eigenvalue weighted by molar-refractivity contribution is 6.04. The van der Waals surface area contributed by atoms with Gasteiger partial charge in [0.1, 0.15) is 23.7 Å². The molecule has 0 unspecified atom stereocenters. The molecule has 2 saturated heterocycles. The summed E-state index contributed by atoms with van der Waals surface area (Å²) in [7, 11) is 3.44. The van der Waals surface area contributed by atoms with Crippen molar-refractivity contribution in [3.63, 3.8) is 0 Å². The van der Waals surface area contributed by atoms with E-state index in [1.54, 1.807) is 40.1 Å². The summed E-state index contributed by atoms with van der Waals surface area (Å²) in [4.78, 5) is 71.4. The maximum Gasteiger partial charge on any atom is 0.247 e. The quantitative estimate of drug-likeness (QED) is 0.0455. The molecule has 14 nitrogen and oxygen atoms in total. The van der Waals surface area contributed by atoms with E-state index in [0.29, 0.717) is 57.7 Å². The lowest BCUT2D eigenvalue weighted by atomic mass is 9.96. The number of aromatic amines is 1. The molecule has 72 heavy (non-hydrogen) atoms. The monoisotopic (exact) mass is 977 g/mol. The molecule has 4 aromatic carbocycles. The van der Waals surface area contributed by atoms with Crippen LogP contribution < -0.4 is 26.6 Å². The topological polar surface area (TPSA) is 176 Å². The van der Waals surface area contributed by atoms with Crippen molar-refractivity contribution in [1.29, 1.82) is 0 Å². The molecule has 15 heteroatoms. The van der Waals surface area contributed by atoms with Gasteiger partial charge in [-0.05, 0) is 131 Å². The normalized spacial score (nSPS) is 18.3. The summed E-state index contributed by atoms with van der Waals surface area (Å²) >= 11 is 0. The van der Waals surface area contributed by atoms with Crippen molar-refractivity contribution in [2.24, 2.45) is 4.99 Å². The van der Waals surface area contributed by atoms with Crippen LogP contribution in [0, 0.1) is 12.7 Å². The highest BCUT2D eigenvalue weighted by Crippen LogP contribution is 2.34. The average Bonchev–Trinajstić information content (AvgIpc) is 4.26. The van der Waals surface area contributed by atoms with E-state index in [1.165, 1.54) is 17.7 Å². The van der Waals surface area contributed by atoms with Gasteiger partial charge in [0.25, 0.3) is 0 Å². The minimum Gasteiger partial charge on any atom is -0.343 e. The highest BCUT2D eigenvalue weighted by Gasteiger charge is 2.39. The van der Waals surface area contributed by atoms with E-state index in [0.717, 1.165) is 76.0 Å². The second kappa shape index (κ2) is 24.1. The fourth-order valence-corrected chi connectivity index (χ4v) is 9.83. The Morgan fingerprint density at radius 2 is 1.26 bits per heavy atom. The van der Waals surface area contributed by atoms with Gasteiger partial charge in [0, 0.05) is 44.5 Å². The van der Waals surface area contributed by atoms with Crippen LogP contribution in [0.4, 0.5) is 4.39 Å². The van der Waals surface area contributed by atoms with Crippen LogP contribution in [-0.2, 0) is 32.1 Å². The van der Waals surface area contributed by atoms with Crippen LogP contribution in [0.15, 0.2) is 114 Å². The number of aryl methyl sites for hydroxylation is 2. The van der Waals surface area contributed by atoms with Gasteiger partial charge in [0.05, 0.1) is 36.1 Å². The zero-order valence-corrected chi connectivity index (χ0v) is 42.1. The Morgan fingerprint density at radius 3 is 1.90 bits per heavy atom. The third-order valence-corrected chi connectivity index (χ3v) is 14.5. The number of carbonyl (C=O) groups excluding carboxylic acids is 4. The number of hydrogen-bond acceptors (Lipinski definition) is 9. The van der Waals surface area contributed by atoms with Gasteiger partial charge in [0.15, 0.2) is 0 Å². The van der Waals surface area contributed by atoms with E-state index in [-0.39, 0.29) is 41.5 Å². The van der Waals surface area contributed by atoms with Crippen LogP contribution in [0.3, 0.4) is 0 Å². The molecule has 3 aliphatic heterocycles. The standard InChI is InChI=1S/C57H69FN10O4/c1-36-13-15-40(16-14-36)32-61-34-50(66-55(70)38(3)60-5)57(72)67-29-7-11-51(67)48-31-45(33-62-48)43-21-19-41(20-22-43)42-23-25-44(26-24-42)49-35-63-53(64-49)52-12-8-30-68(52)56(71)47(65-54(69)37(2)59-4)10-6-9-39-17-27-46(58)28-18-39/h13-28,33,35,37-38,47,50-52,59-61H,6-12,29-32,34H2,1-5H3,(H,63,64)(H,65,69)(H,66,70)/t37-,38-,47-,50-,51-,52-/m0/s1. The molecular weight excluding hydrogens is 908 g/mol. The van der Waals surface area contributed by atoms with Crippen molar-refractivity contribution < 1.29 is 23.6 Å². The summed E-state index contributed by atoms with van der Waals surface area (Å²) in [5.74, 6) is -0.262.